The second kappa shape index (κ2) is 5.08. The van der Waals surface area contributed by atoms with Crippen molar-refractivity contribution in [2.24, 2.45) is 41.2 Å². The van der Waals surface area contributed by atoms with Gasteiger partial charge in [-0.15, -0.1) is 0 Å². The fourth-order valence-electron chi connectivity index (χ4n) is 5.07. The van der Waals surface area contributed by atoms with E-state index in [0.717, 1.165) is 36.5 Å². The Labute approximate surface area is 116 Å². The number of fused-ring (bicyclic) bond motifs is 5. The van der Waals surface area contributed by atoms with Crippen molar-refractivity contribution in [2.75, 3.05) is 6.54 Å². The van der Waals surface area contributed by atoms with E-state index in [-0.39, 0.29) is 6.04 Å². The van der Waals surface area contributed by atoms with Crippen LogP contribution in [0.4, 0.5) is 0 Å². The molecule has 3 saturated carbocycles. The van der Waals surface area contributed by atoms with Crippen molar-refractivity contribution >= 4 is 5.91 Å². The van der Waals surface area contributed by atoms with Crippen molar-refractivity contribution < 1.29 is 4.79 Å². The fraction of sp³-hybridized carbons (Fsp3) is 0.938. The molecule has 3 rings (SSSR count). The molecule has 3 N–H and O–H groups in total. The molecule has 0 radical (unpaired) electrons. The van der Waals surface area contributed by atoms with Gasteiger partial charge in [0.2, 0.25) is 5.91 Å². The zero-order valence-corrected chi connectivity index (χ0v) is 12.3. The van der Waals surface area contributed by atoms with Crippen LogP contribution in [0, 0.1) is 35.5 Å². The minimum atomic E-state index is 0.120. The molecule has 0 spiro atoms. The van der Waals surface area contributed by atoms with Crippen molar-refractivity contribution in [3.63, 3.8) is 0 Å². The molecule has 0 saturated heterocycles. The first-order valence-corrected chi connectivity index (χ1v) is 8.20. The van der Waals surface area contributed by atoms with E-state index in [1.165, 1.54) is 19.3 Å². The van der Waals surface area contributed by atoms with Gasteiger partial charge in [-0.2, -0.15) is 0 Å². The van der Waals surface area contributed by atoms with E-state index in [0.29, 0.717) is 24.3 Å². The monoisotopic (exact) mass is 264 g/mol. The topological polar surface area (TPSA) is 55.1 Å². The maximum absolute atomic E-state index is 12.3. The van der Waals surface area contributed by atoms with Crippen LogP contribution < -0.4 is 11.1 Å². The van der Waals surface area contributed by atoms with Gasteiger partial charge in [0.1, 0.15) is 0 Å². The highest BCUT2D eigenvalue weighted by molar-refractivity contribution is 5.82. The SMILES string of the molecule is CCC(CC)C(N)CNC(=O)C1C2C3CCC(C3)C12. The zero-order chi connectivity index (χ0) is 13.6. The van der Waals surface area contributed by atoms with Gasteiger partial charge < -0.3 is 11.1 Å². The van der Waals surface area contributed by atoms with Crippen LogP contribution in [0.3, 0.4) is 0 Å². The van der Waals surface area contributed by atoms with Crippen molar-refractivity contribution in [2.45, 2.75) is 52.0 Å². The largest absolute Gasteiger partial charge is 0.354 e. The molecule has 3 nitrogen and oxygen atoms in total. The molecule has 0 aromatic carbocycles. The summed E-state index contributed by atoms with van der Waals surface area (Å²) in [5.74, 6) is 4.41. The fourth-order valence-corrected chi connectivity index (χ4v) is 5.07. The molecule has 0 aliphatic heterocycles. The highest BCUT2D eigenvalue weighted by atomic mass is 16.2. The molecule has 0 heterocycles. The van der Waals surface area contributed by atoms with Crippen molar-refractivity contribution in [1.29, 1.82) is 0 Å². The maximum Gasteiger partial charge on any atom is 0.223 e. The Bertz CT molecular complexity index is 337. The smallest absolute Gasteiger partial charge is 0.223 e. The lowest BCUT2D eigenvalue weighted by molar-refractivity contribution is -0.123. The van der Waals surface area contributed by atoms with Gasteiger partial charge >= 0.3 is 0 Å². The van der Waals surface area contributed by atoms with Gasteiger partial charge in [-0.1, -0.05) is 26.7 Å². The number of rotatable bonds is 6. The summed E-state index contributed by atoms with van der Waals surface area (Å²) in [6.45, 7) is 5.02. The van der Waals surface area contributed by atoms with Gasteiger partial charge in [0.05, 0.1) is 0 Å². The van der Waals surface area contributed by atoms with Crippen LogP contribution in [-0.2, 0) is 4.79 Å². The lowest BCUT2D eigenvalue weighted by Gasteiger charge is -2.21. The Kier molecular flexibility index (Phi) is 3.59. The average molecular weight is 264 g/mol. The molecule has 5 unspecified atom stereocenters. The second-order valence-corrected chi connectivity index (χ2v) is 7.00. The average Bonchev–Trinajstić information content (AvgIpc) is 2.86. The van der Waals surface area contributed by atoms with Crippen molar-refractivity contribution in [3.8, 4) is 0 Å². The van der Waals surface area contributed by atoms with E-state index >= 15 is 0 Å². The van der Waals surface area contributed by atoms with E-state index < -0.39 is 0 Å². The van der Waals surface area contributed by atoms with Crippen LogP contribution >= 0.6 is 0 Å². The first kappa shape index (κ1) is 13.4. The van der Waals surface area contributed by atoms with Gasteiger partial charge in [0, 0.05) is 18.5 Å². The summed E-state index contributed by atoms with van der Waals surface area (Å²) >= 11 is 0. The van der Waals surface area contributed by atoms with E-state index in [2.05, 4.69) is 19.2 Å². The van der Waals surface area contributed by atoms with Crippen LogP contribution in [0.1, 0.15) is 46.0 Å². The Morgan fingerprint density at radius 3 is 2.32 bits per heavy atom. The predicted octanol–water partition coefficient (Wildman–Crippen LogP) is 2.16. The summed E-state index contributed by atoms with van der Waals surface area (Å²) in [5.41, 5.74) is 6.18. The molecule has 3 aliphatic rings. The Balaban J connectivity index is 1.46. The Morgan fingerprint density at radius 2 is 1.79 bits per heavy atom. The van der Waals surface area contributed by atoms with Crippen LogP contribution in [-0.4, -0.2) is 18.5 Å². The molecule has 5 atom stereocenters. The minimum absolute atomic E-state index is 0.120. The number of carbonyl (C=O) groups excluding carboxylic acids is 1. The first-order valence-electron chi connectivity index (χ1n) is 8.20. The molecular formula is C16H28N2O. The van der Waals surface area contributed by atoms with Gasteiger partial charge in [-0.3, -0.25) is 4.79 Å². The molecule has 3 fully saturated rings. The predicted molar refractivity (Wildman–Crippen MR) is 76.4 cm³/mol. The van der Waals surface area contributed by atoms with Crippen molar-refractivity contribution in [1.82, 2.24) is 5.32 Å². The molecule has 0 aromatic rings. The standard InChI is InChI=1S/C16H28N2O/c1-3-9(4-2)12(17)8-18-16(19)15-13-10-5-6-11(7-10)14(13)15/h9-15H,3-8,17H2,1-2H3,(H,18,19). The zero-order valence-electron chi connectivity index (χ0n) is 12.3. The highest BCUT2D eigenvalue weighted by Crippen LogP contribution is 2.69. The third-order valence-corrected chi connectivity index (χ3v) is 6.20. The van der Waals surface area contributed by atoms with Crippen LogP contribution in [0.25, 0.3) is 0 Å². The third-order valence-electron chi connectivity index (χ3n) is 6.20. The Morgan fingerprint density at radius 1 is 1.21 bits per heavy atom. The molecular weight excluding hydrogens is 236 g/mol. The van der Waals surface area contributed by atoms with Crippen LogP contribution in [0.15, 0.2) is 0 Å². The number of hydrogen-bond acceptors (Lipinski definition) is 2. The molecule has 3 heteroatoms. The van der Waals surface area contributed by atoms with Crippen LogP contribution in [0.5, 0.6) is 0 Å². The number of nitrogens with one attached hydrogen (secondary N) is 1. The van der Waals surface area contributed by atoms with Gasteiger partial charge in [-0.25, -0.2) is 0 Å². The lowest BCUT2D eigenvalue weighted by atomic mass is 9.94. The molecule has 1 amide bonds. The molecule has 3 aliphatic carbocycles. The van der Waals surface area contributed by atoms with E-state index in [4.69, 9.17) is 5.73 Å². The van der Waals surface area contributed by atoms with Gasteiger partial charge in [0.15, 0.2) is 0 Å². The second-order valence-electron chi connectivity index (χ2n) is 7.00. The quantitative estimate of drug-likeness (QED) is 0.772. The first-order chi connectivity index (χ1) is 9.17. The van der Waals surface area contributed by atoms with E-state index in [9.17, 15) is 4.79 Å². The summed E-state index contributed by atoms with van der Waals surface area (Å²) in [5, 5.41) is 3.13. The molecule has 19 heavy (non-hydrogen) atoms. The summed E-state index contributed by atoms with van der Waals surface area (Å²) < 4.78 is 0. The minimum Gasteiger partial charge on any atom is -0.354 e. The van der Waals surface area contributed by atoms with Crippen LogP contribution in [0.2, 0.25) is 0 Å². The third kappa shape index (κ3) is 2.20. The normalized spacial score (nSPS) is 40.3. The summed E-state index contributed by atoms with van der Waals surface area (Å²) in [7, 11) is 0. The maximum atomic E-state index is 12.3. The van der Waals surface area contributed by atoms with Crippen molar-refractivity contribution in [3.05, 3.63) is 0 Å². The molecule has 108 valence electrons. The number of nitrogens with two attached hydrogens (primary N) is 1. The lowest BCUT2D eigenvalue weighted by Crippen LogP contribution is -2.42. The Hall–Kier alpha value is -0.570. The molecule has 2 bridgehead atoms. The number of amides is 1. The van der Waals surface area contributed by atoms with Gasteiger partial charge in [-0.05, 0) is 48.9 Å². The summed E-state index contributed by atoms with van der Waals surface area (Å²) in [4.78, 5) is 12.3. The van der Waals surface area contributed by atoms with E-state index in [1.54, 1.807) is 0 Å². The summed E-state index contributed by atoms with van der Waals surface area (Å²) in [6, 6.07) is 0.120. The van der Waals surface area contributed by atoms with Gasteiger partial charge in [0.25, 0.3) is 0 Å². The summed E-state index contributed by atoms with van der Waals surface area (Å²) in [6.07, 6.45) is 6.37. The number of hydrogen-bond donors (Lipinski definition) is 2. The number of carbonyl (C=O) groups is 1. The van der Waals surface area contributed by atoms with E-state index in [1.807, 2.05) is 0 Å². The molecule has 0 aromatic heterocycles. The highest BCUT2D eigenvalue weighted by Gasteiger charge is 2.67.